The van der Waals surface area contributed by atoms with Crippen LogP contribution in [-0.2, 0) is 0 Å². The molecule has 0 aromatic carbocycles. The number of nitrogens with one attached hydrogen (secondary N) is 2. The standard InChI is InChI=1S/C16H26N4/c1-5-7-16(6-2)14(3)8-9-18-15(4)19-20-12-10-17-11-13-20/h5,7-9,17H,1,3,6,10-13H2,2,4H3,(H,18,19)/b9-8-,16-7+. The molecule has 0 spiro atoms. The lowest BCUT2D eigenvalue weighted by Crippen LogP contribution is -2.51. The Labute approximate surface area is 122 Å². The summed E-state index contributed by atoms with van der Waals surface area (Å²) in [4.78, 5) is 4.38. The zero-order valence-electron chi connectivity index (χ0n) is 12.7. The molecule has 1 aliphatic heterocycles. The predicted molar refractivity (Wildman–Crippen MR) is 87.5 cm³/mol. The van der Waals surface area contributed by atoms with Gasteiger partial charge < -0.3 is 10.7 Å². The molecule has 0 radical (unpaired) electrons. The zero-order valence-corrected chi connectivity index (χ0v) is 12.7. The van der Waals surface area contributed by atoms with Crippen LogP contribution in [0.25, 0.3) is 0 Å². The van der Waals surface area contributed by atoms with Crippen LogP contribution in [0, 0.1) is 0 Å². The fraction of sp³-hybridized carbons (Fsp3) is 0.438. The van der Waals surface area contributed by atoms with Crippen molar-refractivity contribution in [2.45, 2.75) is 20.3 Å². The number of amidine groups is 1. The molecule has 0 aromatic heterocycles. The largest absolute Gasteiger partial charge is 0.314 e. The van der Waals surface area contributed by atoms with Crippen molar-refractivity contribution >= 4 is 5.84 Å². The molecule has 1 saturated heterocycles. The monoisotopic (exact) mass is 274 g/mol. The van der Waals surface area contributed by atoms with Crippen molar-refractivity contribution in [1.82, 2.24) is 15.8 Å². The number of nitrogens with zero attached hydrogens (tertiary/aromatic N) is 2. The third-order valence-corrected chi connectivity index (χ3v) is 3.09. The molecule has 0 unspecified atom stereocenters. The molecule has 1 heterocycles. The van der Waals surface area contributed by atoms with Gasteiger partial charge in [-0.1, -0.05) is 32.2 Å². The van der Waals surface area contributed by atoms with Crippen LogP contribution in [0.2, 0.25) is 0 Å². The second kappa shape index (κ2) is 9.28. The van der Waals surface area contributed by atoms with Gasteiger partial charge >= 0.3 is 0 Å². The molecular weight excluding hydrogens is 248 g/mol. The van der Waals surface area contributed by atoms with Crippen LogP contribution in [0.5, 0.6) is 0 Å². The number of hydrogen-bond acceptors (Lipinski definition) is 3. The molecule has 0 amide bonds. The summed E-state index contributed by atoms with van der Waals surface area (Å²) in [6.45, 7) is 15.8. The lowest BCUT2D eigenvalue weighted by atomic mass is 10.1. The van der Waals surface area contributed by atoms with E-state index in [0.29, 0.717) is 0 Å². The molecule has 0 aliphatic carbocycles. The molecule has 1 aliphatic rings. The highest BCUT2D eigenvalue weighted by Crippen LogP contribution is 2.13. The van der Waals surface area contributed by atoms with Gasteiger partial charge in [-0.3, -0.25) is 0 Å². The maximum Gasteiger partial charge on any atom is 0.113 e. The lowest BCUT2D eigenvalue weighted by molar-refractivity contribution is 0.206. The molecular formula is C16H26N4. The minimum Gasteiger partial charge on any atom is -0.314 e. The van der Waals surface area contributed by atoms with Crippen molar-refractivity contribution in [2.24, 2.45) is 4.99 Å². The summed E-state index contributed by atoms with van der Waals surface area (Å²) in [6.07, 6.45) is 8.44. The quantitative estimate of drug-likeness (QED) is 0.444. The molecule has 2 N–H and O–H groups in total. The van der Waals surface area contributed by atoms with Gasteiger partial charge in [0.1, 0.15) is 5.84 Å². The maximum atomic E-state index is 4.38. The molecule has 0 bridgehead atoms. The Morgan fingerprint density at radius 2 is 2.10 bits per heavy atom. The molecule has 1 rings (SSSR count). The Balaban J connectivity index is 2.48. The first-order valence-corrected chi connectivity index (χ1v) is 7.11. The lowest BCUT2D eigenvalue weighted by Gasteiger charge is -2.28. The SMILES string of the molecule is C=C/C=C(\CC)C(=C)/C=C\N=C(C)NN1CCNCC1. The Bertz CT molecular complexity index is 412. The third kappa shape index (κ3) is 5.99. The topological polar surface area (TPSA) is 39.7 Å². The molecule has 20 heavy (non-hydrogen) atoms. The van der Waals surface area contributed by atoms with E-state index >= 15 is 0 Å². The highest BCUT2D eigenvalue weighted by molar-refractivity contribution is 5.79. The molecule has 4 nitrogen and oxygen atoms in total. The maximum absolute atomic E-state index is 4.38. The van der Waals surface area contributed by atoms with Gasteiger partial charge in [0, 0.05) is 32.4 Å². The van der Waals surface area contributed by atoms with Crippen molar-refractivity contribution in [3.05, 3.63) is 48.7 Å². The van der Waals surface area contributed by atoms with E-state index < -0.39 is 0 Å². The Morgan fingerprint density at radius 3 is 2.70 bits per heavy atom. The summed E-state index contributed by atoms with van der Waals surface area (Å²) >= 11 is 0. The van der Waals surface area contributed by atoms with E-state index in [9.17, 15) is 0 Å². The van der Waals surface area contributed by atoms with E-state index in [0.717, 1.165) is 44.0 Å². The summed E-state index contributed by atoms with van der Waals surface area (Å²) < 4.78 is 0. The summed E-state index contributed by atoms with van der Waals surface area (Å²) in [5.41, 5.74) is 5.45. The van der Waals surface area contributed by atoms with E-state index in [1.807, 2.05) is 19.1 Å². The third-order valence-electron chi connectivity index (χ3n) is 3.09. The number of allylic oxidation sites excluding steroid dienone is 5. The molecule has 1 fully saturated rings. The van der Waals surface area contributed by atoms with Crippen LogP contribution < -0.4 is 10.7 Å². The fourth-order valence-corrected chi connectivity index (χ4v) is 1.97. The first-order valence-electron chi connectivity index (χ1n) is 7.11. The van der Waals surface area contributed by atoms with Crippen molar-refractivity contribution < 1.29 is 0 Å². The van der Waals surface area contributed by atoms with Crippen LogP contribution in [-0.4, -0.2) is 37.0 Å². The molecule has 4 heteroatoms. The van der Waals surface area contributed by atoms with Gasteiger partial charge in [-0.2, -0.15) is 0 Å². The molecule has 0 aromatic rings. The first kappa shape index (κ1) is 16.4. The Kier molecular flexibility index (Phi) is 7.62. The number of piperazine rings is 1. The van der Waals surface area contributed by atoms with Crippen LogP contribution >= 0.6 is 0 Å². The molecule has 0 atom stereocenters. The minimum atomic E-state index is 0.890. The summed E-state index contributed by atoms with van der Waals surface area (Å²) in [7, 11) is 0. The van der Waals surface area contributed by atoms with Crippen LogP contribution in [0.15, 0.2) is 53.7 Å². The van der Waals surface area contributed by atoms with Crippen LogP contribution in [0.1, 0.15) is 20.3 Å². The molecule has 110 valence electrons. The van der Waals surface area contributed by atoms with Gasteiger partial charge in [0.15, 0.2) is 0 Å². The van der Waals surface area contributed by atoms with Crippen molar-refractivity contribution in [3.63, 3.8) is 0 Å². The van der Waals surface area contributed by atoms with Gasteiger partial charge in [-0.05, 0) is 30.6 Å². The number of aliphatic imine (C=N–C) groups is 1. The normalized spacial score (nSPS) is 18.3. The van der Waals surface area contributed by atoms with Gasteiger partial charge in [-0.15, -0.1) is 0 Å². The summed E-state index contributed by atoms with van der Waals surface area (Å²) in [5.74, 6) is 0.890. The number of hydrogen-bond donors (Lipinski definition) is 2. The van der Waals surface area contributed by atoms with E-state index in [2.05, 4.69) is 40.8 Å². The highest BCUT2D eigenvalue weighted by Gasteiger charge is 2.08. The number of rotatable bonds is 6. The van der Waals surface area contributed by atoms with E-state index in [1.165, 1.54) is 5.57 Å². The van der Waals surface area contributed by atoms with Crippen LogP contribution in [0.4, 0.5) is 0 Å². The van der Waals surface area contributed by atoms with Gasteiger partial charge in [-0.25, -0.2) is 10.0 Å². The number of hydrazine groups is 1. The second-order valence-electron chi connectivity index (χ2n) is 4.69. The fourth-order valence-electron chi connectivity index (χ4n) is 1.97. The van der Waals surface area contributed by atoms with Gasteiger partial charge in [0.05, 0.1) is 0 Å². The van der Waals surface area contributed by atoms with Gasteiger partial charge in [0.25, 0.3) is 0 Å². The average Bonchev–Trinajstić information content (AvgIpc) is 2.45. The van der Waals surface area contributed by atoms with Crippen molar-refractivity contribution in [2.75, 3.05) is 26.2 Å². The minimum absolute atomic E-state index is 0.890. The van der Waals surface area contributed by atoms with Crippen molar-refractivity contribution in [3.8, 4) is 0 Å². The summed E-state index contributed by atoms with van der Waals surface area (Å²) in [6, 6.07) is 0. The van der Waals surface area contributed by atoms with Crippen LogP contribution in [0.3, 0.4) is 0 Å². The van der Waals surface area contributed by atoms with E-state index in [-0.39, 0.29) is 0 Å². The highest BCUT2D eigenvalue weighted by atomic mass is 15.5. The van der Waals surface area contributed by atoms with Gasteiger partial charge in [0.2, 0.25) is 0 Å². The van der Waals surface area contributed by atoms with E-state index in [4.69, 9.17) is 0 Å². The zero-order chi connectivity index (χ0) is 14.8. The Hall–Kier alpha value is -1.65. The second-order valence-corrected chi connectivity index (χ2v) is 4.69. The summed E-state index contributed by atoms with van der Waals surface area (Å²) in [5, 5.41) is 5.49. The molecule has 0 saturated carbocycles. The Morgan fingerprint density at radius 1 is 1.40 bits per heavy atom. The average molecular weight is 274 g/mol. The van der Waals surface area contributed by atoms with Crippen molar-refractivity contribution in [1.29, 1.82) is 0 Å². The first-order chi connectivity index (χ1) is 9.67. The predicted octanol–water partition coefficient (Wildman–Crippen LogP) is 2.41. The van der Waals surface area contributed by atoms with E-state index in [1.54, 1.807) is 12.3 Å². The smallest absolute Gasteiger partial charge is 0.113 e.